The van der Waals surface area contributed by atoms with Crippen molar-refractivity contribution >= 4 is 17.3 Å². The minimum Gasteiger partial charge on any atom is -0.494 e. The Balaban J connectivity index is 1.86. The first-order chi connectivity index (χ1) is 16.0. The van der Waals surface area contributed by atoms with E-state index in [2.05, 4.69) is 4.57 Å². The van der Waals surface area contributed by atoms with E-state index in [0.717, 1.165) is 68.6 Å². The topological polar surface area (TPSA) is 51.5 Å². The van der Waals surface area contributed by atoms with Crippen molar-refractivity contribution in [1.82, 2.24) is 9.47 Å². The smallest absolute Gasteiger partial charge is 0.254 e. The van der Waals surface area contributed by atoms with Crippen LogP contribution < -0.4 is 4.74 Å². The van der Waals surface area contributed by atoms with Crippen LogP contribution in [-0.4, -0.2) is 40.9 Å². The van der Waals surface area contributed by atoms with Crippen LogP contribution in [0, 0.1) is 6.92 Å². The Morgan fingerprint density at radius 2 is 1.82 bits per heavy atom. The van der Waals surface area contributed by atoms with Crippen molar-refractivity contribution in [1.29, 1.82) is 0 Å². The Hall–Kier alpha value is -3.08. The Labute approximate surface area is 197 Å². The number of carbonyl (C=O) groups excluding carboxylic acids is 2. The van der Waals surface area contributed by atoms with Gasteiger partial charge in [0.05, 0.1) is 6.61 Å². The van der Waals surface area contributed by atoms with E-state index in [1.165, 1.54) is 0 Å². The third kappa shape index (κ3) is 6.95. The summed E-state index contributed by atoms with van der Waals surface area (Å²) in [5.41, 5.74) is 2.97. The van der Waals surface area contributed by atoms with Crippen LogP contribution in [0.1, 0.15) is 57.1 Å². The number of nitrogens with zero attached hydrogens (tertiary/aromatic N) is 2. The second-order valence-corrected chi connectivity index (χ2v) is 8.63. The molecule has 1 aromatic carbocycles. The zero-order chi connectivity index (χ0) is 23.6. The summed E-state index contributed by atoms with van der Waals surface area (Å²) in [6.45, 7) is 8.56. The molecule has 1 aromatic heterocycles. The molecule has 0 radical (unpaired) electrons. The van der Waals surface area contributed by atoms with E-state index < -0.39 is 0 Å². The van der Waals surface area contributed by atoms with Gasteiger partial charge in [-0.2, -0.15) is 0 Å². The summed E-state index contributed by atoms with van der Waals surface area (Å²) >= 11 is 0. The standard InChI is InChI=1S/C28H36N2O3/c1-4-11-24(23(3)31)20-27(28(32)30-17-6-5-7-18-30)26-21-25(13-12-22(26)2)33-19-10-16-29-14-8-9-15-29/h8-9,11-15,20-21H,4-7,10,16-19H2,1-3H3/b24-11-,27-20+. The summed E-state index contributed by atoms with van der Waals surface area (Å²) in [5, 5.41) is 0. The van der Waals surface area contributed by atoms with Gasteiger partial charge in [0.15, 0.2) is 5.78 Å². The highest BCUT2D eigenvalue weighted by Crippen LogP contribution is 2.28. The molecule has 0 atom stereocenters. The van der Waals surface area contributed by atoms with Gasteiger partial charge < -0.3 is 14.2 Å². The van der Waals surface area contributed by atoms with Gasteiger partial charge in [0.25, 0.3) is 5.91 Å². The second-order valence-electron chi connectivity index (χ2n) is 8.63. The number of ether oxygens (including phenoxy) is 1. The van der Waals surface area contributed by atoms with Crippen LogP contribution >= 0.6 is 0 Å². The Morgan fingerprint density at radius 1 is 1.09 bits per heavy atom. The van der Waals surface area contributed by atoms with E-state index in [1.807, 2.05) is 67.5 Å². The summed E-state index contributed by atoms with van der Waals surface area (Å²) in [6.07, 6.45) is 12.6. The maximum atomic E-state index is 13.6. The van der Waals surface area contributed by atoms with Crippen LogP contribution in [0.2, 0.25) is 0 Å². The molecule has 5 heteroatoms. The van der Waals surface area contributed by atoms with Crippen molar-refractivity contribution < 1.29 is 14.3 Å². The summed E-state index contributed by atoms with van der Waals surface area (Å²) in [7, 11) is 0. The average Bonchev–Trinajstić information content (AvgIpc) is 3.34. The van der Waals surface area contributed by atoms with E-state index in [-0.39, 0.29) is 11.7 Å². The zero-order valence-corrected chi connectivity index (χ0v) is 20.2. The molecule has 3 rings (SSSR count). The molecule has 1 amide bonds. The highest BCUT2D eigenvalue weighted by molar-refractivity contribution is 6.21. The molecule has 5 nitrogen and oxygen atoms in total. The number of benzene rings is 1. The van der Waals surface area contributed by atoms with Gasteiger partial charge in [-0.3, -0.25) is 9.59 Å². The molecule has 176 valence electrons. The number of hydrogen-bond acceptors (Lipinski definition) is 3. The fourth-order valence-electron chi connectivity index (χ4n) is 4.14. The molecular weight excluding hydrogens is 412 g/mol. The lowest BCUT2D eigenvalue weighted by Crippen LogP contribution is -2.36. The Morgan fingerprint density at radius 3 is 2.48 bits per heavy atom. The molecule has 0 bridgehead atoms. The van der Waals surface area contributed by atoms with Gasteiger partial charge in [0.1, 0.15) is 5.75 Å². The van der Waals surface area contributed by atoms with E-state index in [4.69, 9.17) is 4.74 Å². The average molecular weight is 449 g/mol. The highest BCUT2D eigenvalue weighted by Gasteiger charge is 2.23. The van der Waals surface area contributed by atoms with Crippen molar-refractivity contribution in [3.63, 3.8) is 0 Å². The van der Waals surface area contributed by atoms with E-state index in [0.29, 0.717) is 17.8 Å². The van der Waals surface area contributed by atoms with Crippen LogP contribution in [0.3, 0.4) is 0 Å². The lowest BCUT2D eigenvalue weighted by molar-refractivity contribution is -0.125. The molecule has 1 aliphatic heterocycles. The van der Waals surface area contributed by atoms with Crippen LogP contribution in [0.15, 0.2) is 60.5 Å². The van der Waals surface area contributed by atoms with Crippen LogP contribution in [0.25, 0.3) is 5.57 Å². The van der Waals surface area contributed by atoms with E-state index >= 15 is 0 Å². The SMILES string of the molecule is CC/C=C(/C=C(/C(=O)N1CCCCC1)c1cc(OCCCn2cccc2)ccc1C)C(C)=O. The molecular formula is C28H36N2O3. The third-order valence-corrected chi connectivity index (χ3v) is 6.00. The first-order valence-corrected chi connectivity index (χ1v) is 12.1. The molecule has 0 saturated carbocycles. The number of aryl methyl sites for hydroxylation is 2. The van der Waals surface area contributed by atoms with Crippen LogP contribution in [0.5, 0.6) is 5.75 Å². The largest absolute Gasteiger partial charge is 0.494 e. The predicted molar refractivity (Wildman–Crippen MR) is 133 cm³/mol. The number of allylic oxidation sites excluding steroid dienone is 3. The van der Waals surface area contributed by atoms with Gasteiger partial charge in [-0.1, -0.05) is 19.1 Å². The van der Waals surface area contributed by atoms with Crippen molar-refractivity contribution in [3.8, 4) is 5.75 Å². The number of piperidine rings is 1. The minimum absolute atomic E-state index is 0.00851. The van der Waals surface area contributed by atoms with Gasteiger partial charge in [-0.05, 0) is 87.4 Å². The van der Waals surface area contributed by atoms with Gasteiger partial charge in [0, 0.05) is 43.2 Å². The number of carbonyl (C=O) groups is 2. The monoisotopic (exact) mass is 448 g/mol. The number of ketones is 1. The van der Waals surface area contributed by atoms with Crippen LogP contribution in [0.4, 0.5) is 0 Å². The summed E-state index contributed by atoms with van der Waals surface area (Å²) in [6, 6.07) is 9.92. The molecule has 0 N–H and O–H groups in total. The number of aromatic nitrogens is 1. The Kier molecular flexibility index (Phi) is 9.11. The van der Waals surface area contributed by atoms with E-state index in [9.17, 15) is 9.59 Å². The van der Waals surface area contributed by atoms with E-state index in [1.54, 1.807) is 13.0 Å². The van der Waals surface area contributed by atoms with Gasteiger partial charge in [-0.25, -0.2) is 0 Å². The first kappa shape index (κ1) is 24.6. The molecule has 2 heterocycles. The molecule has 2 aromatic rings. The zero-order valence-electron chi connectivity index (χ0n) is 20.2. The van der Waals surface area contributed by atoms with Crippen molar-refractivity contribution in [3.05, 3.63) is 71.6 Å². The summed E-state index contributed by atoms with van der Waals surface area (Å²) < 4.78 is 8.16. The van der Waals surface area contributed by atoms with Crippen molar-refractivity contribution in [2.24, 2.45) is 0 Å². The molecule has 1 aliphatic rings. The first-order valence-electron chi connectivity index (χ1n) is 12.1. The lowest BCUT2D eigenvalue weighted by atomic mass is 9.95. The predicted octanol–water partition coefficient (Wildman–Crippen LogP) is 5.59. The van der Waals surface area contributed by atoms with Gasteiger partial charge in [-0.15, -0.1) is 0 Å². The van der Waals surface area contributed by atoms with Gasteiger partial charge >= 0.3 is 0 Å². The molecule has 33 heavy (non-hydrogen) atoms. The fraction of sp³-hybridized carbons (Fsp3) is 0.429. The molecule has 0 spiro atoms. The number of hydrogen-bond donors (Lipinski definition) is 0. The summed E-state index contributed by atoms with van der Waals surface area (Å²) in [5.74, 6) is 0.700. The summed E-state index contributed by atoms with van der Waals surface area (Å²) in [4.78, 5) is 27.8. The van der Waals surface area contributed by atoms with Gasteiger partial charge in [0.2, 0.25) is 0 Å². The quantitative estimate of drug-likeness (QED) is 0.271. The Bertz CT molecular complexity index is 996. The third-order valence-electron chi connectivity index (χ3n) is 6.00. The van der Waals surface area contributed by atoms with Crippen LogP contribution in [-0.2, 0) is 16.1 Å². The normalized spacial score (nSPS) is 14.9. The molecule has 1 fully saturated rings. The highest BCUT2D eigenvalue weighted by atomic mass is 16.5. The van der Waals surface area contributed by atoms with Crippen molar-refractivity contribution in [2.45, 2.75) is 59.4 Å². The number of rotatable bonds is 10. The molecule has 0 aliphatic carbocycles. The maximum absolute atomic E-state index is 13.6. The second kappa shape index (κ2) is 12.2. The molecule has 1 saturated heterocycles. The molecule has 0 unspecified atom stereocenters. The number of Topliss-reactive ketones (excluding diaryl/α,β-unsaturated/α-hetero) is 1. The minimum atomic E-state index is -0.0316. The number of amides is 1. The maximum Gasteiger partial charge on any atom is 0.254 e. The lowest BCUT2D eigenvalue weighted by Gasteiger charge is -2.28. The van der Waals surface area contributed by atoms with Crippen molar-refractivity contribution in [2.75, 3.05) is 19.7 Å². The number of likely N-dealkylation sites (tertiary alicyclic amines) is 1. The fourth-order valence-corrected chi connectivity index (χ4v) is 4.14.